The number of hydrogen-bond acceptors (Lipinski definition) is 3. The number of rotatable bonds is 7. The van der Waals surface area contributed by atoms with Gasteiger partial charge in [0.15, 0.2) is 17.5 Å². The number of aromatic nitrogens is 5. The molecule has 12 aromatic rings. The third-order valence-electron chi connectivity index (χ3n) is 12.0. The molecule has 0 aliphatic carbocycles. The van der Waals surface area contributed by atoms with E-state index in [0.29, 0.717) is 17.5 Å². The van der Waals surface area contributed by atoms with Crippen molar-refractivity contribution >= 4 is 43.6 Å². The van der Waals surface area contributed by atoms with Gasteiger partial charge >= 0.3 is 0 Å². The molecule has 0 bridgehead atoms. The molecule has 0 radical (unpaired) electrons. The van der Waals surface area contributed by atoms with Crippen LogP contribution in [-0.4, -0.2) is 24.1 Å². The Morgan fingerprint density at radius 2 is 0.758 bits per heavy atom. The van der Waals surface area contributed by atoms with E-state index in [-0.39, 0.29) is 0 Å². The monoisotopic (exact) mass is 791 g/mol. The lowest BCUT2D eigenvalue weighted by Crippen LogP contribution is -2.04. The van der Waals surface area contributed by atoms with Crippen molar-refractivity contribution in [3.63, 3.8) is 0 Å². The lowest BCUT2D eigenvalue weighted by atomic mass is 9.92. The second-order valence-corrected chi connectivity index (χ2v) is 15.6. The SMILES string of the molecule is c1ccc(-c2nc(-c3ccccc3)nc(-c3cc(-c4ccccc4)c(-n4c5ccccc5c5c4ccc4c6ccccc6n(-c6ccccc6)c45)cc3-c3ccccc3)n2)cc1. The normalized spacial score (nSPS) is 11.5. The molecule has 12 rings (SSSR count). The molecule has 0 saturated carbocycles. The first-order valence-electron chi connectivity index (χ1n) is 21.0. The number of fused-ring (bicyclic) bond motifs is 7. The minimum Gasteiger partial charge on any atom is -0.309 e. The summed E-state index contributed by atoms with van der Waals surface area (Å²) in [4.78, 5) is 15.6. The first-order valence-corrected chi connectivity index (χ1v) is 21.0. The smallest absolute Gasteiger partial charge is 0.164 e. The van der Waals surface area contributed by atoms with Crippen LogP contribution in [0.25, 0.3) is 111 Å². The number of para-hydroxylation sites is 3. The average molecular weight is 792 g/mol. The van der Waals surface area contributed by atoms with E-state index in [0.717, 1.165) is 61.4 Å². The molecule has 3 aromatic heterocycles. The van der Waals surface area contributed by atoms with Gasteiger partial charge in [-0.25, -0.2) is 15.0 Å². The Kier molecular flexibility index (Phi) is 8.42. The summed E-state index contributed by atoms with van der Waals surface area (Å²) in [6.07, 6.45) is 0. The molecular weight excluding hydrogens is 755 g/mol. The van der Waals surface area contributed by atoms with E-state index in [9.17, 15) is 0 Å². The molecule has 0 atom stereocenters. The van der Waals surface area contributed by atoms with Crippen molar-refractivity contribution in [3.05, 3.63) is 224 Å². The van der Waals surface area contributed by atoms with Gasteiger partial charge in [-0.3, -0.25) is 0 Å². The molecular formula is C57H37N5. The van der Waals surface area contributed by atoms with Crippen LogP contribution in [0.1, 0.15) is 0 Å². The molecule has 0 N–H and O–H groups in total. The van der Waals surface area contributed by atoms with Gasteiger partial charge in [-0.1, -0.05) is 182 Å². The minimum absolute atomic E-state index is 0.608. The predicted molar refractivity (Wildman–Crippen MR) is 256 cm³/mol. The first kappa shape index (κ1) is 35.5. The van der Waals surface area contributed by atoms with Gasteiger partial charge in [0.05, 0.1) is 27.8 Å². The van der Waals surface area contributed by atoms with Crippen LogP contribution in [0.2, 0.25) is 0 Å². The van der Waals surface area contributed by atoms with Crippen LogP contribution in [0.15, 0.2) is 224 Å². The van der Waals surface area contributed by atoms with Gasteiger partial charge in [-0.2, -0.15) is 0 Å². The van der Waals surface area contributed by atoms with Gasteiger partial charge in [-0.15, -0.1) is 0 Å². The van der Waals surface area contributed by atoms with Crippen LogP contribution in [0, 0.1) is 0 Å². The Balaban J connectivity index is 1.21. The summed E-state index contributed by atoms with van der Waals surface area (Å²) in [7, 11) is 0. The molecule has 5 heteroatoms. The van der Waals surface area contributed by atoms with E-state index in [1.54, 1.807) is 0 Å². The summed E-state index contributed by atoms with van der Waals surface area (Å²) >= 11 is 0. The maximum Gasteiger partial charge on any atom is 0.164 e. The quantitative estimate of drug-likeness (QED) is 0.162. The average Bonchev–Trinajstić information content (AvgIpc) is 3.88. The zero-order chi connectivity index (χ0) is 41.0. The molecule has 0 unspecified atom stereocenters. The number of nitrogens with zero attached hydrogens (tertiary/aromatic N) is 5. The molecule has 0 aliphatic rings. The van der Waals surface area contributed by atoms with Gasteiger partial charge in [0.25, 0.3) is 0 Å². The van der Waals surface area contributed by atoms with E-state index >= 15 is 0 Å². The van der Waals surface area contributed by atoms with Crippen molar-refractivity contribution in [2.75, 3.05) is 0 Å². The summed E-state index contributed by atoms with van der Waals surface area (Å²) in [6.45, 7) is 0. The highest BCUT2D eigenvalue weighted by Crippen LogP contribution is 2.45. The third-order valence-corrected chi connectivity index (χ3v) is 12.0. The van der Waals surface area contributed by atoms with Crippen molar-refractivity contribution in [2.45, 2.75) is 0 Å². The molecule has 0 amide bonds. The fourth-order valence-corrected chi connectivity index (χ4v) is 9.21. The largest absolute Gasteiger partial charge is 0.309 e. The molecule has 0 aliphatic heterocycles. The second kappa shape index (κ2) is 14.7. The van der Waals surface area contributed by atoms with E-state index in [2.05, 4.69) is 197 Å². The van der Waals surface area contributed by atoms with E-state index in [4.69, 9.17) is 15.0 Å². The summed E-state index contributed by atoms with van der Waals surface area (Å²) in [5.41, 5.74) is 13.8. The summed E-state index contributed by atoms with van der Waals surface area (Å²) < 4.78 is 4.91. The van der Waals surface area contributed by atoms with Crippen LogP contribution >= 0.6 is 0 Å². The molecule has 5 nitrogen and oxygen atoms in total. The molecule has 3 heterocycles. The molecule has 0 fully saturated rings. The summed E-state index contributed by atoms with van der Waals surface area (Å²) in [5, 5.41) is 4.85. The van der Waals surface area contributed by atoms with Gasteiger partial charge in [0, 0.05) is 49.5 Å². The minimum atomic E-state index is 0.608. The molecule has 62 heavy (non-hydrogen) atoms. The van der Waals surface area contributed by atoms with Crippen molar-refractivity contribution in [2.24, 2.45) is 0 Å². The Hall–Kier alpha value is -8.41. The van der Waals surface area contributed by atoms with Crippen molar-refractivity contribution in [1.82, 2.24) is 24.1 Å². The highest BCUT2D eigenvalue weighted by molar-refractivity contribution is 6.26. The lowest BCUT2D eigenvalue weighted by Gasteiger charge is -2.20. The van der Waals surface area contributed by atoms with Crippen molar-refractivity contribution in [1.29, 1.82) is 0 Å². The van der Waals surface area contributed by atoms with Crippen LogP contribution in [-0.2, 0) is 0 Å². The number of hydrogen-bond donors (Lipinski definition) is 0. The van der Waals surface area contributed by atoms with E-state index < -0.39 is 0 Å². The highest BCUT2D eigenvalue weighted by Gasteiger charge is 2.25. The standard InChI is InChI=1S/C57H37N5/c1-6-20-38(21-7-1)46-37-52(47(39-22-8-2-9-23-39)36-48(46)57-59-55(40-24-10-3-11-25-40)58-56(60-57)41-26-12-4-13-27-41)62-50-33-19-17-31-45(50)53-51(62)35-34-44-43-30-16-18-32-49(43)61(54(44)53)42-28-14-5-15-29-42/h1-37H. The molecule has 9 aromatic carbocycles. The van der Waals surface area contributed by atoms with Crippen LogP contribution in [0.3, 0.4) is 0 Å². The zero-order valence-corrected chi connectivity index (χ0v) is 33.6. The molecule has 290 valence electrons. The van der Waals surface area contributed by atoms with Gasteiger partial charge in [-0.05, 0) is 59.2 Å². The van der Waals surface area contributed by atoms with E-state index in [1.165, 1.54) is 32.6 Å². The maximum atomic E-state index is 5.27. The topological polar surface area (TPSA) is 48.5 Å². The second-order valence-electron chi connectivity index (χ2n) is 15.6. The van der Waals surface area contributed by atoms with Crippen LogP contribution in [0.5, 0.6) is 0 Å². The van der Waals surface area contributed by atoms with Crippen molar-refractivity contribution in [3.8, 4) is 67.8 Å². The lowest BCUT2D eigenvalue weighted by molar-refractivity contribution is 1.07. The summed E-state index contributed by atoms with van der Waals surface area (Å²) in [5.74, 6) is 1.86. The zero-order valence-electron chi connectivity index (χ0n) is 33.6. The van der Waals surface area contributed by atoms with Crippen LogP contribution in [0.4, 0.5) is 0 Å². The Bertz CT molecular complexity index is 3540. The van der Waals surface area contributed by atoms with Gasteiger partial charge in [0.2, 0.25) is 0 Å². The third kappa shape index (κ3) is 5.82. The Morgan fingerprint density at radius 1 is 0.290 bits per heavy atom. The molecule has 0 spiro atoms. The first-order chi connectivity index (χ1) is 30.8. The van der Waals surface area contributed by atoms with Gasteiger partial charge < -0.3 is 9.13 Å². The molecule has 0 saturated heterocycles. The van der Waals surface area contributed by atoms with Gasteiger partial charge in [0.1, 0.15) is 0 Å². The Morgan fingerprint density at radius 3 is 1.35 bits per heavy atom. The fraction of sp³-hybridized carbons (Fsp3) is 0. The predicted octanol–water partition coefficient (Wildman–Crippen LogP) is 14.4. The summed E-state index contributed by atoms with van der Waals surface area (Å²) in [6, 6.07) is 79.3. The van der Waals surface area contributed by atoms with E-state index in [1.807, 2.05) is 36.4 Å². The van der Waals surface area contributed by atoms with Crippen LogP contribution < -0.4 is 0 Å². The number of benzene rings is 9. The maximum absolute atomic E-state index is 5.27. The Labute approximate surface area is 358 Å². The fourth-order valence-electron chi connectivity index (χ4n) is 9.21. The highest BCUT2D eigenvalue weighted by atomic mass is 15.0. The van der Waals surface area contributed by atoms with Crippen molar-refractivity contribution < 1.29 is 0 Å².